The van der Waals surface area contributed by atoms with Gasteiger partial charge in [0.15, 0.2) is 5.75 Å². The van der Waals surface area contributed by atoms with Crippen molar-refractivity contribution in [3.8, 4) is 16.9 Å². The van der Waals surface area contributed by atoms with Crippen molar-refractivity contribution >= 4 is 0 Å². The summed E-state index contributed by atoms with van der Waals surface area (Å²) < 4.78 is 0. The first-order valence-electron chi connectivity index (χ1n) is 5.52. The second-order valence-electron chi connectivity index (χ2n) is 4.88. The Morgan fingerprint density at radius 3 is 2.38 bits per heavy atom. The summed E-state index contributed by atoms with van der Waals surface area (Å²) in [6.07, 6.45) is 0. The molecule has 1 aliphatic rings. The van der Waals surface area contributed by atoms with Gasteiger partial charge in [-0.05, 0) is 34.4 Å². The van der Waals surface area contributed by atoms with Crippen molar-refractivity contribution in [3.63, 3.8) is 0 Å². The molecule has 3 rings (SSSR count). The van der Waals surface area contributed by atoms with E-state index in [0.717, 1.165) is 5.56 Å². The quantitative estimate of drug-likeness (QED) is 0.621. The summed E-state index contributed by atoms with van der Waals surface area (Å²) in [4.78, 5) is 0. The second-order valence-corrected chi connectivity index (χ2v) is 4.88. The summed E-state index contributed by atoms with van der Waals surface area (Å²) in [7, 11) is 0. The highest BCUT2D eigenvalue weighted by Gasteiger charge is 2.35. The molecule has 0 aliphatic heterocycles. The fraction of sp³-hybridized carbons (Fsp3) is 0.200. The molecule has 16 heavy (non-hydrogen) atoms. The standard InChI is InChI=1S/C15H13O/c1-15(2)13-6-4-3-5-11(13)12-8-7-10(16)9-14(12)15/h3-9H,1-2H3. The van der Waals surface area contributed by atoms with E-state index in [1.165, 1.54) is 16.7 Å². The first kappa shape index (κ1) is 9.46. The number of hydrogen-bond donors (Lipinski definition) is 0. The molecule has 1 aliphatic carbocycles. The summed E-state index contributed by atoms with van der Waals surface area (Å²) in [6.45, 7) is 4.36. The third-order valence-corrected chi connectivity index (χ3v) is 3.55. The number of fused-ring (bicyclic) bond motifs is 3. The number of rotatable bonds is 0. The zero-order valence-electron chi connectivity index (χ0n) is 9.45. The van der Waals surface area contributed by atoms with Crippen LogP contribution in [-0.2, 0) is 10.5 Å². The fourth-order valence-corrected chi connectivity index (χ4v) is 2.68. The van der Waals surface area contributed by atoms with E-state index >= 15 is 0 Å². The predicted molar refractivity (Wildman–Crippen MR) is 64.1 cm³/mol. The lowest BCUT2D eigenvalue weighted by Crippen LogP contribution is -2.14. The topological polar surface area (TPSA) is 19.9 Å². The van der Waals surface area contributed by atoms with E-state index in [1.807, 2.05) is 6.07 Å². The molecule has 2 aromatic rings. The zero-order chi connectivity index (χ0) is 11.3. The van der Waals surface area contributed by atoms with E-state index in [9.17, 15) is 5.11 Å². The Hall–Kier alpha value is -1.76. The Labute approximate surface area is 95.4 Å². The molecule has 79 valence electrons. The highest BCUT2D eigenvalue weighted by Crippen LogP contribution is 2.49. The molecule has 1 nitrogen and oxygen atoms in total. The summed E-state index contributed by atoms with van der Waals surface area (Å²) >= 11 is 0. The van der Waals surface area contributed by atoms with Crippen LogP contribution in [0, 0.1) is 0 Å². The highest BCUT2D eigenvalue weighted by molar-refractivity contribution is 5.81. The third kappa shape index (κ3) is 1.06. The van der Waals surface area contributed by atoms with Crippen molar-refractivity contribution in [1.82, 2.24) is 0 Å². The average molecular weight is 209 g/mol. The van der Waals surface area contributed by atoms with Crippen LogP contribution in [0.15, 0.2) is 42.5 Å². The molecule has 0 saturated carbocycles. The van der Waals surface area contributed by atoms with Gasteiger partial charge in [0.2, 0.25) is 0 Å². The van der Waals surface area contributed by atoms with Crippen molar-refractivity contribution in [2.24, 2.45) is 0 Å². The SMILES string of the molecule is CC1(C)c2ccccc2-c2ccc([O])cc21. The molecule has 0 saturated heterocycles. The maximum atomic E-state index is 11.5. The van der Waals surface area contributed by atoms with Gasteiger partial charge in [0, 0.05) is 5.41 Å². The maximum absolute atomic E-state index is 11.5. The van der Waals surface area contributed by atoms with E-state index in [1.54, 1.807) is 12.1 Å². The van der Waals surface area contributed by atoms with Gasteiger partial charge in [-0.1, -0.05) is 44.2 Å². The van der Waals surface area contributed by atoms with Crippen LogP contribution >= 0.6 is 0 Å². The Kier molecular flexibility index (Phi) is 1.70. The number of benzene rings is 2. The Balaban J connectivity index is 2.39. The van der Waals surface area contributed by atoms with Crippen molar-refractivity contribution < 1.29 is 5.11 Å². The minimum Gasteiger partial charge on any atom is -0.290 e. The van der Waals surface area contributed by atoms with Crippen LogP contribution in [0.2, 0.25) is 0 Å². The Bertz CT molecular complexity index is 567. The van der Waals surface area contributed by atoms with E-state index in [2.05, 4.69) is 38.1 Å². The minimum absolute atomic E-state index is 0.0493. The zero-order valence-corrected chi connectivity index (χ0v) is 9.45. The monoisotopic (exact) mass is 209 g/mol. The molecule has 1 radical (unpaired) electrons. The van der Waals surface area contributed by atoms with Crippen LogP contribution in [0.4, 0.5) is 0 Å². The van der Waals surface area contributed by atoms with Gasteiger partial charge in [0.25, 0.3) is 0 Å². The average Bonchev–Trinajstić information content (AvgIpc) is 2.49. The maximum Gasteiger partial charge on any atom is 0.178 e. The van der Waals surface area contributed by atoms with Crippen LogP contribution in [0.3, 0.4) is 0 Å². The first-order chi connectivity index (χ1) is 7.60. The van der Waals surface area contributed by atoms with E-state index in [-0.39, 0.29) is 11.2 Å². The molecular formula is C15H13O. The van der Waals surface area contributed by atoms with Gasteiger partial charge in [-0.25, -0.2) is 0 Å². The molecule has 0 fully saturated rings. The van der Waals surface area contributed by atoms with Gasteiger partial charge < -0.3 is 0 Å². The lowest BCUT2D eigenvalue weighted by Gasteiger charge is -2.21. The molecule has 0 unspecified atom stereocenters. The predicted octanol–water partition coefficient (Wildman–Crippen LogP) is 4.14. The Morgan fingerprint density at radius 1 is 0.875 bits per heavy atom. The molecule has 0 N–H and O–H groups in total. The Morgan fingerprint density at radius 2 is 1.56 bits per heavy atom. The summed E-state index contributed by atoms with van der Waals surface area (Å²) in [5.74, 6) is 0.0969. The normalized spacial score (nSPS) is 15.6. The molecule has 0 bridgehead atoms. The van der Waals surface area contributed by atoms with Crippen LogP contribution in [-0.4, -0.2) is 0 Å². The van der Waals surface area contributed by atoms with E-state index in [4.69, 9.17) is 0 Å². The van der Waals surface area contributed by atoms with Gasteiger partial charge in [-0.2, -0.15) is 0 Å². The lowest BCUT2D eigenvalue weighted by atomic mass is 9.82. The van der Waals surface area contributed by atoms with Crippen LogP contribution in [0.25, 0.3) is 11.1 Å². The molecule has 0 aromatic heterocycles. The first-order valence-corrected chi connectivity index (χ1v) is 5.52. The van der Waals surface area contributed by atoms with Crippen molar-refractivity contribution in [2.75, 3.05) is 0 Å². The van der Waals surface area contributed by atoms with Crippen molar-refractivity contribution in [2.45, 2.75) is 19.3 Å². The summed E-state index contributed by atoms with van der Waals surface area (Å²) in [5.41, 5.74) is 4.89. The molecule has 0 spiro atoms. The van der Waals surface area contributed by atoms with Crippen LogP contribution < -0.4 is 0 Å². The van der Waals surface area contributed by atoms with Gasteiger partial charge in [-0.15, -0.1) is 0 Å². The van der Waals surface area contributed by atoms with Gasteiger partial charge in [0.1, 0.15) is 0 Å². The third-order valence-electron chi connectivity index (χ3n) is 3.55. The number of hydrogen-bond acceptors (Lipinski definition) is 0. The lowest BCUT2D eigenvalue weighted by molar-refractivity contribution is 0.354. The molecule has 0 amide bonds. The van der Waals surface area contributed by atoms with Crippen LogP contribution in [0.1, 0.15) is 25.0 Å². The van der Waals surface area contributed by atoms with Crippen LogP contribution in [0.5, 0.6) is 5.75 Å². The van der Waals surface area contributed by atoms with Gasteiger partial charge in [0.05, 0.1) is 0 Å². The van der Waals surface area contributed by atoms with Gasteiger partial charge >= 0.3 is 0 Å². The molecular weight excluding hydrogens is 196 g/mol. The molecule has 0 atom stereocenters. The summed E-state index contributed by atoms with van der Waals surface area (Å²) in [6, 6.07) is 13.8. The largest absolute Gasteiger partial charge is 0.290 e. The molecule has 0 heterocycles. The van der Waals surface area contributed by atoms with E-state index < -0.39 is 0 Å². The van der Waals surface area contributed by atoms with E-state index in [0.29, 0.717) is 0 Å². The van der Waals surface area contributed by atoms with Gasteiger partial charge in [-0.3, -0.25) is 5.11 Å². The summed E-state index contributed by atoms with van der Waals surface area (Å²) in [5, 5.41) is 11.5. The van der Waals surface area contributed by atoms with Crippen molar-refractivity contribution in [3.05, 3.63) is 53.6 Å². The molecule has 2 aromatic carbocycles. The fourth-order valence-electron chi connectivity index (χ4n) is 2.68. The second kappa shape index (κ2) is 2.88. The minimum atomic E-state index is -0.0493. The highest BCUT2D eigenvalue weighted by atomic mass is 16.3. The smallest absolute Gasteiger partial charge is 0.178 e. The molecule has 1 heteroatoms. The van der Waals surface area contributed by atoms with Crippen molar-refractivity contribution in [1.29, 1.82) is 0 Å².